The first-order valence-electron chi connectivity index (χ1n) is 9.81. The molecule has 5 rings (SSSR count). The highest BCUT2D eigenvalue weighted by Crippen LogP contribution is 2.38. The fraction of sp³-hybridized carbons (Fsp3) is 0.217. The van der Waals surface area contributed by atoms with Crippen LogP contribution in [0.1, 0.15) is 10.4 Å². The van der Waals surface area contributed by atoms with E-state index in [4.69, 9.17) is 21.3 Å². The summed E-state index contributed by atoms with van der Waals surface area (Å²) in [5.41, 5.74) is 1.56. The van der Waals surface area contributed by atoms with Crippen LogP contribution in [0.2, 0.25) is 5.02 Å². The predicted octanol–water partition coefficient (Wildman–Crippen LogP) is 5.07. The molecule has 1 aromatic heterocycles. The molecule has 1 saturated heterocycles. The average molecular weight is 438 g/mol. The molecule has 152 valence electrons. The number of fused-ring (bicyclic) bond motifs is 2. The van der Waals surface area contributed by atoms with Gasteiger partial charge in [0.25, 0.3) is 5.91 Å². The second kappa shape index (κ2) is 7.78. The Bertz CT molecular complexity index is 1240. The second-order valence-corrected chi connectivity index (χ2v) is 8.65. The lowest BCUT2D eigenvalue weighted by Crippen LogP contribution is -2.48. The van der Waals surface area contributed by atoms with Gasteiger partial charge in [0, 0.05) is 31.7 Å². The quantitative estimate of drug-likeness (QED) is 0.448. The van der Waals surface area contributed by atoms with E-state index in [1.807, 2.05) is 59.5 Å². The summed E-state index contributed by atoms with van der Waals surface area (Å²) in [5.74, 6) is 0.700. The molecular formula is C23H20ClN3O2S. The summed E-state index contributed by atoms with van der Waals surface area (Å²) in [4.78, 5) is 22.1. The minimum absolute atomic E-state index is 0.0872. The number of hydrogen-bond acceptors (Lipinski definition) is 5. The van der Waals surface area contributed by atoms with Gasteiger partial charge in [-0.3, -0.25) is 4.79 Å². The summed E-state index contributed by atoms with van der Waals surface area (Å²) in [6.45, 7) is 2.81. The smallest absolute Gasteiger partial charge is 0.254 e. The summed E-state index contributed by atoms with van der Waals surface area (Å²) < 4.78 is 6.47. The second-order valence-electron chi connectivity index (χ2n) is 7.23. The van der Waals surface area contributed by atoms with Crippen molar-refractivity contribution in [1.29, 1.82) is 0 Å². The molecule has 1 aliphatic rings. The van der Waals surface area contributed by atoms with E-state index in [1.54, 1.807) is 18.4 Å². The molecule has 1 amide bonds. The number of aromatic nitrogens is 1. The number of piperazine rings is 1. The molecule has 0 bridgehead atoms. The molecule has 4 aromatic rings. The molecule has 3 aromatic carbocycles. The lowest BCUT2D eigenvalue weighted by Gasteiger charge is -2.34. The number of methoxy groups -OCH3 is 1. The summed E-state index contributed by atoms with van der Waals surface area (Å²) in [6.07, 6.45) is 0. The summed E-state index contributed by atoms with van der Waals surface area (Å²) in [5, 5.41) is 3.59. The minimum atomic E-state index is 0.0872. The highest BCUT2D eigenvalue weighted by molar-refractivity contribution is 7.22. The molecule has 0 atom stereocenters. The fourth-order valence-electron chi connectivity index (χ4n) is 3.95. The van der Waals surface area contributed by atoms with Crippen molar-refractivity contribution < 1.29 is 9.53 Å². The zero-order chi connectivity index (χ0) is 20.7. The number of rotatable bonds is 3. The van der Waals surface area contributed by atoms with Crippen molar-refractivity contribution >= 4 is 55.0 Å². The normalized spacial score (nSPS) is 14.5. The van der Waals surface area contributed by atoms with E-state index in [1.165, 1.54) is 0 Å². The Morgan fingerprint density at radius 1 is 1.03 bits per heavy atom. The summed E-state index contributed by atoms with van der Waals surface area (Å²) in [6, 6.07) is 17.7. The first-order chi connectivity index (χ1) is 14.7. The van der Waals surface area contributed by atoms with Crippen LogP contribution in [-0.2, 0) is 0 Å². The maximum absolute atomic E-state index is 13.2. The molecule has 0 saturated carbocycles. The molecule has 5 nitrogen and oxygen atoms in total. The van der Waals surface area contributed by atoms with Gasteiger partial charge in [-0.25, -0.2) is 4.98 Å². The summed E-state index contributed by atoms with van der Waals surface area (Å²) in [7, 11) is 1.61. The van der Waals surface area contributed by atoms with Crippen LogP contribution in [0.25, 0.3) is 21.0 Å². The number of carbonyl (C=O) groups is 1. The molecule has 0 radical (unpaired) electrons. The Labute approximate surface area is 183 Å². The number of nitrogens with zero attached hydrogens (tertiary/aromatic N) is 3. The van der Waals surface area contributed by atoms with Gasteiger partial charge in [0.1, 0.15) is 5.52 Å². The number of amides is 1. The van der Waals surface area contributed by atoms with Gasteiger partial charge < -0.3 is 14.5 Å². The number of hydrogen-bond donors (Lipinski definition) is 0. The molecule has 0 aliphatic carbocycles. The molecule has 7 heteroatoms. The van der Waals surface area contributed by atoms with Crippen LogP contribution in [0, 0.1) is 0 Å². The van der Waals surface area contributed by atoms with Crippen molar-refractivity contribution in [2.75, 3.05) is 38.2 Å². The molecule has 1 aliphatic heterocycles. The number of anilines is 1. The predicted molar refractivity (Wildman–Crippen MR) is 123 cm³/mol. The number of halogens is 1. The zero-order valence-electron chi connectivity index (χ0n) is 16.5. The number of thiazole rings is 1. The van der Waals surface area contributed by atoms with Crippen LogP contribution in [-0.4, -0.2) is 49.1 Å². The van der Waals surface area contributed by atoms with Crippen LogP contribution in [0.3, 0.4) is 0 Å². The van der Waals surface area contributed by atoms with Crippen molar-refractivity contribution in [3.63, 3.8) is 0 Å². The van der Waals surface area contributed by atoms with Crippen LogP contribution in [0.5, 0.6) is 5.75 Å². The third-order valence-corrected chi connectivity index (χ3v) is 6.90. The maximum atomic E-state index is 13.2. The maximum Gasteiger partial charge on any atom is 0.254 e. The Hall–Kier alpha value is -2.83. The Morgan fingerprint density at radius 2 is 1.80 bits per heavy atom. The summed E-state index contributed by atoms with van der Waals surface area (Å²) >= 11 is 7.86. The van der Waals surface area contributed by atoms with E-state index in [9.17, 15) is 4.79 Å². The van der Waals surface area contributed by atoms with Gasteiger partial charge in [-0.1, -0.05) is 59.3 Å². The first kappa shape index (κ1) is 19.2. The fourth-order valence-corrected chi connectivity index (χ4v) is 5.19. The highest BCUT2D eigenvalue weighted by atomic mass is 35.5. The largest absolute Gasteiger partial charge is 0.493 e. The van der Waals surface area contributed by atoms with E-state index in [0.717, 1.165) is 44.8 Å². The van der Waals surface area contributed by atoms with E-state index < -0.39 is 0 Å². The van der Waals surface area contributed by atoms with E-state index in [2.05, 4.69) is 4.90 Å². The van der Waals surface area contributed by atoms with Crippen LogP contribution < -0.4 is 9.64 Å². The number of carbonyl (C=O) groups excluding carboxylic acids is 1. The monoisotopic (exact) mass is 437 g/mol. The van der Waals surface area contributed by atoms with Gasteiger partial charge in [-0.05, 0) is 29.0 Å². The molecular weight excluding hydrogens is 418 g/mol. The van der Waals surface area contributed by atoms with Crippen LogP contribution in [0.15, 0.2) is 54.6 Å². The zero-order valence-corrected chi connectivity index (χ0v) is 18.0. The van der Waals surface area contributed by atoms with Gasteiger partial charge in [0.05, 0.1) is 16.8 Å². The van der Waals surface area contributed by atoms with Gasteiger partial charge >= 0.3 is 0 Å². The van der Waals surface area contributed by atoms with Crippen molar-refractivity contribution in [2.45, 2.75) is 0 Å². The Morgan fingerprint density at radius 3 is 2.60 bits per heavy atom. The van der Waals surface area contributed by atoms with Crippen molar-refractivity contribution in [1.82, 2.24) is 9.88 Å². The SMILES string of the molecule is COc1c(Cl)ccc2sc(N3CCN(C(=O)c4cccc5ccccc45)CC3)nc12. The van der Waals surface area contributed by atoms with Gasteiger partial charge in [0.2, 0.25) is 0 Å². The molecule has 30 heavy (non-hydrogen) atoms. The van der Waals surface area contributed by atoms with E-state index in [-0.39, 0.29) is 5.91 Å². The number of ether oxygens (including phenoxy) is 1. The highest BCUT2D eigenvalue weighted by Gasteiger charge is 2.25. The van der Waals surface area contributed by atoms with Crippen LogP contribution in [0.4, 0.5) is 5.13 Å². The van der Waals surface area contributed by atoms with Gasteiger partial charge in [-0.2, -0.15) is 0 Å². The Kier molecular flexibility index (Phi) is 4.97. The Balaban J connectivity index is 1.35. The third kappa shape index (κ3) is 3.26. The molecule has 0 spiro atoms. The minimum Gasteiger partial charge on any atom is -0.493 e. The van der Waals surface area contributed by atoms with Crippen molar-refractivity contribution in [2.24, 2.45) is 0 Å². The average Bonchev–Trinajstić information content (AvgIpc) is 3.22. The molecule has 0 unspecified atom stereocenters. The van der Waals surface area contributed by atoms with Crippen molar-refractivity contribution in [3.05, 3.63) is 65.2 Å². The number of benzene rings is 3. The van der Waals surface area contributed by atoms with Gasteiger partial charge in [-0.15, -0.1) is 0 Å². The topological polar surface area (TPSA) is 45.7 Å². The lowest BCUT2D eigenvalue weighted by molar-refractivity contribution is 0.0749. The van der Waals surface area contributed by atoms with E-state index in [0.29, 0.717) is 23.9 Å². The van der Waals surface area contributed by atoms with Crippen LogP contribution >= 0.6 is 22.9 Å². The molecule has 0 N–H and O–H groups in total. The van der Waals surface area contributed by atoms with Crippen molar-refractivity contribution in [3.8, 4) is 5.75 Å². The lowest BCUT2D eigenvalue weighted by atomic mass is 10.0. The first-order valence-corrected chi connectivity index (χ1v) is 11.0. The van der Waals surface area contributed by atoms with E-state index >= 15 is 0 Å². The molecule has 1 fully saturated rings. The van der Waals surface area contributed by atoms with Gasteiger partial charge in [0.15, 0.2) is 10.9 Å². The standard InChI is InChI=1S/C23H20ClN3O2S/c1-29-21-18(24)9-10-19-20(21)25-23(30-19)27-13-11-26(12-14-27)22(28)17-8-4-6-15-5-2-3-7-16(15)17/h2-10H,11-14H2,1H3. The third-order valence-electron chi connectivity index (χ3n) is 5.52. The molecule has 2 heterocycles.